The number of carbonyl (C=O) groups excluding carboxylic acids is 1. The quantitative estimate of drug-likeness (QED) is 0.819. The molecule has 1 atom stereocenters. The zero-order valence-corrected chi connectivity index (χ0v) is 11.4. The molecule has 18 heavy (non-hydrogen) atoms. The molecule has 0 bridgehead atoms. The molecule has 5 heteroatoms. The number of benzene rings is 1. The van der Waals surface area contributed by atoms with E-state index < -0.39 is 0 Å². The van der Waals surface area contributed by atoms with E-state index >= 15 is 0 Å². The molecule has 100 valence electrons. The van der Waals surface area contributed by atoms with Crippen molar-refractivity contribution in [1.29, 1.82) is 0 Å². The van der Waals surface area contributed by atoms with Crippen molar-refractivity contribution in [2.45, 2.75) is 19.5 Å². The van der Waals surface area contributed by atoms with Gasteiger partial charge in [0.05, 0.1) is 12.6 Å². The topological polar surface area (TPSA) is 52.6 Å². The third-order valence-electron chi connectivity index (χ3n) is 2.90. The van der Waals surface area contributed by atoms with Crippen molar-refractivity contribution in [3.05, 3.63) is 34.9 Å². The fourth-order valence-corrected chi connectivity index (χ4v) is 1.73. The highest BCUT2D eigenvalue weighted by Gasteiger charge is 2.17. The second kappa shape index (κ2) is 7.36. The molecule has 0 aromatic heterocycles. The van der Waals surface area contributed by atoms with Crippen molar-refractivity contribution in [1.82, 2.24) is 10.2 Å². The van der Waals surface area contributed by atoms with E-state index in [2.05, 4.69) is 5.32 Å². The average molecular weight is 271 g/mol. The molecule has 0 saturated heterocycles. The Morgan fingerprint density at radius 1 is 1.50 bits per heavy atom. The first-order chi connectivity index (χ1) is 8.56. The summed E-state index contributed by atoms with van der Waals surface area (Å²) >= 11 is 6.00. The summed E-state index contributed by atoms with van der Waals surface area (Å²) in [6.07, 6.45) is 0. The maximum absolute atomic E-state index is 11.9. The summed E-state index contributed by atoms with van der Waals surface area (Å²) in [7, 11) is 1.80. The fraction of sp³-hybridized carbons (Fsp3) is 0.462. The van der Waals surface area contributed by atoms with Crippen molar-refractivity contribution in [3.8, 4) is 0 Å². The van der Waals surface area contributed by atoms with Crippen LogP contribution in [0.5, 0.6) is 0 Å². The molecule has 0 aliphatic rings. The van der Waals surface area contributed by atoms with Gasteiger partial charge in [0, 0.05) is 18.1 Å². The van der Waals surface area contributed by atoms with Crippen molar-refractivity contribution in [2.24, 2.45) is 0 Å². The first-order valence-corrected chi connectivity index (χ1v) is 6.26. The van der Waals surface area contributed by atoms with E-state index in [0.717, 1.165) is 5.56 Å². The Bertz CT molecular complexity index is 398. The van der Waals surface area contributed by atoms with Crippen LogP contribution in [0.2, 0.25) is 5.02 Å². The summed E-state index contributed by atoms with van der Waals surface area (Å²) in [6, 6.07) is 7.13. The average Bonchev–Trinajstić information content (AvgIpc) is 2.36. The zero-order valence-electron chi connectivity index (χ0n) is 10.7. The summed E-state index contributed by atoms with van der Waals surface area (Å²) in [4.78, 5) is 13.7. The van der Waals surface area contributed by atoms with Crippen LogP contribution in [-0.4, -0.2) is 42.2 Å². The number of hydrogen-bond acceptors (Lipinski definition) is 3. The summed E-state index contributed by atoms with van der Waals surface area (Å²) in [5, 5.41) is 12.3. The van der Waals surface area contributed by atoms with Gasteiger partial charge in [-0.15, -0.1) is 0 Å². The molecule has 1 amide bonds. The minimum atomic E-state index is -0.278. The lowest BCUT2D eigenvalue weighted by Crippen LogP contribution is -2.44. The van der Waals surface area contributed by atoms with Gasteiger partial charge < -0.3 is 10.4 Å². The van der Waals surface area contributed by atoms with Gasteiger partial charge in [0.2, 0.25) is 5.91 Å². The third kappa shape index (κ3) is 4.29. The lowest BCUT2D eigenvalue weighted by atomic mass is 10.2. The molecule has 0 spiro atoms. The number of amides is 1. The molecule has 0 fully saturated rings. The Kier molecular flexibility index (Phi) is 6.12. The molecule has 0 aliphatic heterocycles. The first kappa shape index (κ1) is 15.0. The van der Waals surface area contributed by atoms with Crippen LogP contribution in [0.15, 0.2) is 24.3 Å². The SMILES string of the molecule is CC(C(=O)NCc1ccccc1Cl)N(C)CCO. The highest BCUT2D eigenvalue weighted by Crippen LogP contribution is 2.14. The number of aliphatic hydroxyl groups excluding tert-OH is 1. The molecular weight excluding hydrogens is 252 g/mol. The van der Waals surface area contributed by atoms with Crippen molar-refractivity contribution in [3.63, 3.8) is 0 Å². The molecule has 0 heterocycles. The number of halogens is 1. The summed E-state index contributed by atoms with van der Waals surface area (Å²) in [5.74, 6) is -0.0779. The van der Waals surface area contributed by atoms with Gasteiger partial charge >= 0.3 is 0 Å². The maximum atomic E-state index is 11.9. The van der Waals surface area contributed by atoms with Gasteiger partial charge in [0.1, 0.15) is 0 Å². The van der Waals surface area contributed by atoms with Gasteiger partial charge in [0.15, 0.2) is 0 Å². The number of hydrogen-bond donors (Lipinski definition) is 2. The minimum absolute atomic E-state index is 0.0403. The van der Waals surface area contributed by atoms with Gasteiger partial charge in [-0.05, 0) is 25.6 Å². The predicted octanol–water partition coefficient (Wildman–Crippen LogP) is 1.27. The van der Waals surface area contributed by atoms with Crippen LogP contribution >= 0.6 is 11.6 Å². The van der Waals surface area contributed by atoms with E-state index in [-0.39, 0.29) is 18.6 Å². The maximum Gasteiger partial charge on any atom is 0.237 e. The molecule has 0 saturated carbocycles. The summed E-state index contributed by atoms with van der Waals surface area (Å²) in [6.45, 7) is 2.73. The smallest absolute Gasteiger partial charge is 0.237 e. The van der Waals surface area contributed by atoms with Crippen LogP contribution in [0.25, 0.3) is 0 Å². The third-order valence-corrected chi connectivity index (χ3v) is 3.27. The predicted molar refractivity (Wildman–Crippen MR) is 72.5 cm³/mol. The van der Waals surface area contributed by atoms with Crippen LogP contribution in [0.4, 0.5) is 0 Å². The largest absolute Gasteiger partial charge is 0.395 e. The van der Waals surface area contributed by atoms with Crippen LogP contribution in [0, 0.1) is 0 Å². The summed E-state index contributed by atoms with van der Waals surface area (Å²) < 4.78 is 0. The molecule has 1 rings (SSSR count). The number of aliphatic hydroxyl groups is 1. The molecule has 0 radical (unpaired) electrons. The van der Waals surface area contributed by atoms with Crippen LogP contribution in [-0.2, 0) is 11.3 Å². The molecule has 1 aromatic rings. The Hall–Kier alpha value is -1.10. The second-order valence-corrected chi connectivity index (χ2v) is 4.60. The number of nitrogens with one attached hydrogen (secondary N) is 1. The lowest BCUT2D eigenvalue weighted by molar-refractivity contribution is -0.125. The molecular formula is C13H19ClN2O2. The highest BCUT2D eigenvalue weighted by molar-refractivity contribution is 6.31. The molecule has 1 unspecified atom stereocenters. The molecule has 2 N–H and O–H groups in total. The molecule has 0 aliphatic carbocycles. The van der Waals surface area contributed by atoms with Crippen LogP contribution < -0.4 is 5.32 Å². The van der Waals surface area contributed by atoms with E-state index in [1.165, 1.54) is 0 Å². The van der Waals surface area contributed by atoms with Crippen molar-refractivity contribution < 1.29 is 9.90 Å². The van der Waals surface area contributed by atoms with Crippen molar-refractivity contribution in [2.75, 3.05) is 20.2 Å². The fourth-order valence-electron chi connectivity index (χ4n) is 1.52. The number of likely N-dealkylation sites (N-methyl/N-ethyl adjacent to an activating group) is 1. The summed E-state index contributed by atoms with van der Waals surface area (Å²) in [5.41, 5.74) is 0.893. The van der Waals surface area contributed by atoms with Gasteiger partial charge in [-0.1, -0.05) is 29.8 Å². The molecule has 4 nitrogen and oxygen atoms in total. The van der Waals surface area contributed by atoms with Gasteiger partial charge in [-0.3, -0.25) is 9.69 Å². The van der Waals surface area contributed by atoms with Crippen molar-refractivity contribution >= 4 is 17.5 Å². The lowest BCUT2D eigenvalue weighted by Gasteiger charge is -2.22. The van der Waals surface area contributed by atoms with Crippen LogP contribution in [0.3, 0.4) is 0 Å². The normalized spacial score (nSPS) is 12.5. The van der Waals surface area contributed by atoms with Gasteiger partial charge in [-0.2, -0.15) is 0 Å². The number of carbonyl (C=O) groups is 1. The molecule has 1 aromatic carbocycles. The Labute approximate surface area is 113 Å². The van der Waals surface area contributed by atoms with E-state index in [1.807, 2.05) is 18.2 Å². The number of rotatable bonds is 6. The van der Waals surface area contributed by atoms with E-state index in [9.17, 15) is 4.79 Å². The second-order valence-electron chi connectivity index (χ2n) is 4.19. The van der Waals surface area contributed by atoms with Crippen LogP contribution in [0.1, 0.15) is 12.5 Å². The first-order valence-electron chi connectivity index (χ1n) is 5.88. The van der Waals surface area contributed by atoms with E-state index in [4.69, 9.17) is 16.7 Å². The Morgan fingerprint density at radius 2 is 2.17 bits per heavy atom. The Morgan fingerprint density at radius 3 is 2.78 bits per heavy atom. The van der Waals surface area contributed by atoms with E-state index in [0.29, 0.717) is 18.1 Å². The monoisotopic (exact) mass is 270 g/mol. The highest BCUT2D eigenvalue weighted by atomic mass is 35.5. The van der Waals surface area contributed by atoms with E-state index in [1.54, 1.807) is 24.9 Å². The zero-order chi connectivity index (χ0) is 13.5. The number of nitrogens with zero attached hydrogens (tertiary/aromatic N) is 1. The Balaban J connectivity index is 2.48. The van der Waals surface area contributed by atoms with Gasteiger partial charge in [-0.25, -0.2) is 0 Å². The standard InChI is InChI=1S/C13H19ClN2O2/c1-10(16(2)7-8-17)13(18)15-9-11-5-3-4-6-12(11)14/h3-6,10,17H,7-9H2,1-2H3,(H,15,18). The minimum Gasteiger partial charge on any atom is -0.395 e. The van der Waals surface area contributed by atoms with Gasteiger partial charge in [0.25, 0.3) is 0 Å².